The molecule has 0 rings (SSSR count). The van der Waals surface area contributed by atoms with Crippen LogP contribution in [0.15, 0.2) is 0 Å². The van der Waals surface area contributed by atoms with E-state index in [-0.39, 0.29) is 19.0 Å². The van der Waals surface area contributed by atoms with Crippen molar-refractivity contribution in [2.45, 2.75) is 45.4 Å². The Hall–Kier alpha value is -1.79. The number of nitrogens with two attached hydrogens (primary N) is 1. The highest BCUT2D eigenvalue weighted by Gasteiger charge is 2.14. The number of carbonyl (C=O) groups is 3. The van der Waals surface area contributed by atoms with Gasteiger partial charge in [0.2, 0.25) is 5.91 Å². The molecule has 7 heteroatoms. The Morgan fingerprint density at radius 1 is 1.15 bits per heavy atom. The Morgan fingerprint density at radius 3 is 2.40 bits per heavy atom. The highest BCUT2D eigenvalue weighted by Crippen LogP contribution is 2.00. The molecule has 0 aromatic heterocycles. The van der Waals surface area contributed by atoms with E-state index in [1.165, 1.54) is 4.90 Å². The van der Waals surface area contributed by atoms with Gasteiger partial charge in [0.05, 0.1) is 0 Å². The van der Waals surface area contributed by atoms with Crippen LogP contribution >= 0.6 is 0 Å². The van der Waals surface area contributed by atoms with Crippen molar-refractivity contribution in [1.29, 1.82) is 0 Å². The second kappa shape index (κ2) is 11.1. The van der Waals surface area contributed by atoms with Gasteiger partial charge in [-0.25, -0.2) is 4.79 Å². The molecule has 0 fully saturated rings. The average Bonchev–Trinajstić information content (AvgIpc) is 2.37. The van der Waals surface area contributed by atoms with Crippen LogP contribution in [0.5, 0.6) is 0 Å². The summed E-state index contributed by atoms with van der Waals surface area (Å²) in [5, 5.41) is 11.2. The van der Waals surface area contributed by atoms with Gasteiger partial charge < -0.3 is 21.1 Å². The first-order valence-electron chi connectivity index (χ1n) is 7.00. The Labute approximate surface area is 119 Å². The molecule has 0 atom stereocenters. The molecule has 0 heterocycles. The van der Waals surface area contributed by atoms with Crippen molar-refractivity contribution in [3.05, 3.63) is 0 Å². The second-order valence-electron chi connectivity index (χ2n) is 4.68. The monoisotopic (exact) mass is 287 g/mol. The third-order valence-electron chi connectivity index (χ3n) is 2.76. The molecule has 0 aliphatic rings. The molecule has 0 radical (unpaired) electrons. The van der Waals surface area contributed by atoms with Gasteiger partial charge in [-0.2, -0.15) is 0 Å². The molecular weight excluding hydrogens is 262 g/mol. The number of hydrogen-bond donors (Lipinski definition) is 3. The fraction of sp³-hybridized carbons (Fsp3) is 0.769. The van der Waals surface area contributed by atoms with E-state index in [4.69, 9.17) is 10.8 Å². The lowest BCUT2D eigenvalue weighted by Crippen LogP contribution is -2.45. The first-order chi connectivity index (χ1) is 9.47. The number of carbonyl (C=O) groups excluding carboxylic acids is 2. The molecule has 0 unspecified atom stereocenters. The smallest absolute Gasteiger partial charge is 0.317 e. The Morgan fingerprint density at radius 2 is 1.85 bits per heavy atom. The van der Waals surface area contributed by atoms with E-state index in [0.717, 1.165) is 25.7 Å². The molecule has 116 valence electrons. The van der Waals surface area contributed by atoms with E-state index in [0.29, 0.717) is 19.5 Å². The van der Waals surface area contributed by atoms with Crippen LogP contribution in [0.25, 0.3) is 0 Å². The number of amides is 3. The summed E-state index contributed by atoms with van der Waals surface area (Å²) in [5.41, 5.74) is 5.11. The molecule has 0 spiro atoms. The fourth-order valence-electron chi connectivity index (χ4n) is 1.67. The number of primary amides is 1. The standard InChI is InChI=1S/C13H25N3O4/c1-2-3-9-16(10-11(14)17)13(20)15-8-6-4-5-7-12(18)19/h2-10H2,1H3,(H2,14,17)(H,15,20)(H,18,19). The van der Waals surface area contributed by atoms with Crippen molar-refractivity contribution >= 4 is 17.9 Å². The fourth-order valence-corrected chi connectivity index (χ4v) is 1.67. The average molecular weight is 287 g/mol. The molecule has 0 aromatic rings. The highest BCUT2D eigenvalue weighted by atomic mass is 16.4. The number of urea groups is 1. The zero-order valence-corrected chi connectivity index (χ0v) is 12.1. The largest absolute Gasteiger partial charge is 0.481 e. The summed E-state index contributed by atoms with van der Waals surface area (Å²) < 4.78 is 0. The predicted molar refractivity (Wildman–Crippen MR) is 75.2 cm³/mol. The number of carboxylic acids is 1. The lowest BCUT2D eigenvalue weighted by atomic mass is 10.2. The number of hydrogen-bond acceptors (Lipinski definition) is 3. The summed E-state index contributed by atoms with van der Waals surface area (Å²) in [6.07, 6.45) is 3.97. The quantitative estimate of drug-likeness (QED) is 0.490. The summed E-state index contributed by atoms with van der Waals surface area (Å²) >= 11 is 0. The van der Waals surface area contributed by atoms with Gasteiger partial charge in [-0.05, 0) is 19.3 Å². The maximum Gasteiger partial charge on any atom is 0.317 e. The zero-order chi connectivity index (χ0) is 15.4. The molecule has 0 aromatic carbocycles. The summed E-state index contributed by atoms with van der Waals surface area (Å²) in [6, 6.07) is -0.296. The molecule has 0 saturated carbocycles. The molecule has 4 N–H and O–H groups in total. The van der Waals surface area contributed by atoms with Gasteiger partial charge in [-0.1, -0.05) is 19.8 Å². The minimum absolute atomic E-state index is 0.0785. The third kappa shape index (κ3) is 10.2. The van der Waals surface area contributed by atoms with Gasteiger partial charge in [0.15, 0.2) is 0 Å². The van der Waals surface area contributed by atoms with Gasteiger partial charge >= 0.3 is 12.0 Å². The zero-order valence-electron chi connectivity index (χ0n) is 12.1. The number of rotatable bonds is 11. The maximum absolute atomic E-state index is 11.8. The van der Waals surface area contributed by atoms with Crippen LogP contribution in [0.2, 0.25) is 0 Å². The summed E-state index contributed by atoms with van der Waals surface area (Å²) in [4.78, 5) is 34.5. The summed E-state index contributed by atoms with van der Waals surface area (Å²) in [6.45, 7) is 2.90. The lowest BCUT2D eigenvalue weighted by Gasteiger charge is -2.21. The summed E-state index contributed by atoms with van der Waals surface area (Å²) in [7, 11) is 0. The lowest BCUT2D eigenvalue weighted by molar-refractivity contribution is -0.137. The van der Waals surface area contributed by atoms with Crippen LogP contribution in [-0.2, 0) is 9.59 Å². The first-order valence-corrected chi connectivity index (χ1v) is 7.00. The molecule has 7 nitrogen and oxygen atoms in total. The van der Waals surface area contributed by atoms with Crippen LogP contribution in [0.3, 0.4) is 0 Å². The molecular formula is C13H25N3O4. The van der Waals surface area contributed by atoms with Gasteiger partial charge in [0.25, 0.3) is 0 Å². The van der Waals surface area contributed by atoms with Crippen molar-refractivity contribution in [2.24, 2.45) is 5.73 Å². The molecule has 0 aliphatic carbocycles. The van der Waals surface area contributed by atoms with Crippen LogP contribution < -0.4 is 11.1 Å². The first kappa shape index (κ1) is 18.2. The Balaban J connectivity index is 3.88. The third-order valence-corrected chi connectivity index (χ3v) is 2.76. The van der Waals surface area contributed by atoms with E-state index in [2.05, 4.69) is 5.32 Å². The molecule has 0 aliphatic heterocycles. The van der Waals surface area contributed by atoms with Gasteiger partial charge in [0, 0.05) is 19.5 Å². The van der Waals surface area contributed by atoms with Crippen LogP contribution in [-0.4, -0.2) is 47.5 Å². The number of aliphatic carboxylic acids is 1. The Kier molecular flexibility index (Phi) is 10.1. The summed E-state index contributed by atoms with van der Waals surface area (Å²) in [5.74, 6) is -1.33. The van der Waals surface area contributed by atoms with Crippen molar-refractivity contribution < 1.29 is 19.5 Å². The van der Waals surface area contributed by atoms with Gasteiger partial charge in [-0.3, -0.25) is 9.59 Å². The van der Waals surface area contributed by atoms with Gasteiger partial charge in [-0.15, -0.1) is 0 Å². The van der Waals surface area contributed by atoms with Crippen molar-refractivity contribution in [3.8, 4) is 0 Å². The van der Waals surface area contributed by atoms with Crippen molar-refractivity contribution in [1.82, 2.24) is 10.2 Å². The van der Waals surface area contributed by atoms with Crippen molar-refractivity contribution in [3.63, 3.8) is 0 Å². The van der Waals surface area contributed by atoms with Gasteiger partial charge in [0.1, 0.15) is 6.54 Å². The molecule has 20 heavy (non-hydrogen) atoms. The molecule has 0 saturated heterocycles. The van der Waals surface area contributed by atoms with E-state index in [1.807, 2.05) is 6.92 Å². The van der Waals surface area contributed by atoms with E-state index >= 15 is 0 Å². The number of carboxylic acid groups (broad SMARTS) is 1. The van der Waals surface area contributed by atoms with E-state index < -0.39 is 11.9 Å². The topological polar surface area (TPSA) is 113 Å². The van der Waals surface area contributed by atoms with E-state index in [9.17, 15) is 14.4 Å². The molecule has 3 amide bonds. The van der Waals surface area contributed by atoms with Crippen LogP contribution in [0, 0.1) is 0 Å². The second-order valence-corrected chi connectivity index (χ2v) is 4.68. The number of nitrogens with zero attached hydrogens (tertiary/aromatic N) is 1. The maximum atomic E-state index is 11.8. The van der Waals surface area contributed by atoms with Crippen LogP contribution in [0.4, 0.5) is 4.79 Å². The van der Waals surface area contributed by atoms with Crippen LogP contribution in [0.1, 0.15) is 45.4 Å². The minimum Gasteiger partial charge on any atom is -0.481 e. The predicted octanol–water partition coefficient (Wildman–Crippen LogP) is 0.928. The molecule has 0 bridgehead atoms. The Bertz CT molecular complexity index is 321. The van der Waals surface area contributed by atoms with Crippen molar-refractivity contribution in [2.75, 3.05) is 19.6 Å². The normalized spacial score (nSPS) is 10.1. The SMILES string of the molecule is CCCCN(CC(N)=O)C(=O)NCCCCCC(=O)O. The minimum atomic E-state index is -0.804. The number of unbranched alkanes of at least 4 members (excludes halogenated alkanes) is 3. The number of nitrogens with one attached hydrogen (secondary N) is 1. The van der Waals surface area contributed by atoms with E-state index in [1.54, 1.807) is 0 Å². The highest BCUT2D eigenvalue weighted by molar-refractivity contribution is 5.82.